The molecule has 12 rings (SSSR count). The fourth-order valence-corrected chi connectivity index (χ4v) is 9.52. The number of furan rings is 1. The predicted molar refractivity (Wildman–Crippen MR) is 228 cm³/mol. The van der Waals surface area contributed by atoms with E-state index in [0.717, 1.165) is 38.6 Å². The van der Waals surface area contributed by atoms with Crippen molar-refractivity contribution in [3.63, 3.8) is 0 Å². The number of thiophene rings is 1. The molecule has 5 nitrogen and oxygen atoms in total. The third-order valence-corrected chi connectivity index (χ3v) is 11.9. The summed E-state index contributed by atoms with van der Waals surface area (Å²) in [7, 11) is 0. The first-order valence-electron chi connectivity index (χ1n) is 18.4. The second-order valence-electron chi connectivity index (χ2n) is 14.0. The minimum atomic E-state index is 0.610. The maximum absolute atomic E-state index is 6.25. The molecule has 0 N–H and O–H groups in total. The van der Waals surface area contributed by atoms with Crippen LogP contribution in [-0.2, 0) is 0 Å². The number of hydrogen-bond acceptors (Lipinski definition) is 5. The Bertz CT molecular complexity index is 3500. The average Bonchev–Trinajstić information content (AvgIpc) is 3.92. The molecular weight excluding hydrogens is 693 g/mol. The Hall–Kier alpha value is -7.15. The van der Waals surface area contributed by atoms with Gasteiger partial charge in [0.2, 0.25) is 0 Å². The van der Waals surface area contributed by atoms with Crippen molar-refractivity contribution in [3.05, 3.63) is 170 Å². The fraction of sp³-hybridized carbons (Fsp3) is 0. The summed E-state index contributed by atoms with van der Waals surface area (Å²) >= 11 is 1.80. The lowest BCUT2D eigenvalue weighted by Crippen LogP contribution is -2.00. The highest BCUT2D eigenvalue weighted by molar-refractivity contribution is 7.26. The molecule has 0 spiro atoms. The lowest BCUT2D eigenvalue weighted by molar-refractivity contribution is 0.669. The van der Waals surface area contributed by atoms with Gasteiger partial charge in [-0.1, -0.05) is 121 Å². The first-order chi connectivity index (χ1) is 27.2. The lowest BCUT2D eigenvalue weighted by atomic mass is 10.0. The van der Waals surface area contributed by atoms with Gasteiger partial charge < -0.3 is 8.98 Å². The van der Waals surface area contributed by atoms with Gasteiger partial charge in [-0.25, -0.2) is 15.0 Å². The number of fused-ring (bicyclic) bond motifs is 10. The first kappa shape index (κ1) is 30.3. The molecule has 0 saturated heterocycles. The van der Waals surface area contributed by atoms with Crippen molar-refractivity contribution < 1.29 is 4.42 Å². The number of hydrogen-bond donors (Lipinski definition) is 0. The highest BCUT2D eigenvalue weighted by atomic mass is 32.1. The van der Waals surface area contributed by atoms with E-state index in [4.69, 9.17) is 19.4 Å². The minimum Gasteiger partial charge on any atom is -0.456 e. The van der Waals surface area contributed by atoms with Gasteiger partial charge in [0, 0.05) is 58.4 Å². The van der Waals surface area contributed by atoms with E-state index in [1.54, 1.807) is 11.3 Å². The van der Waals surface area contributed by atoms with Gasteiger partial charge in [-0.05, 0) is 59.3 Å². The summed E-state index contributed by atoms with van der Waals surface area (Å²) in [6.07, 6.45) is 0. The fourth-order valence-electron chi connectivity index (χ4n) is 8.35. The average molecular weight is 721 g/mol. The van der Waals surface area contributed by atoms with Gasteiger partial charge in [-0.3, -0.25) is 0 Å². The van der Waals surface area contributed by atoms with Crippen molar-refractivity contribution in [3.8, 4) is 39.9 Å². The Morgan fingerprint density at radius 2 is 1.13 bits per heavy atom. The molecule has 55 heavy (non-hydrogen) atoms. The highest BCUT2D eigenvalue weighted by Gasteiger charge is 2.20. The maximum Gasteiger partial charge on any atom is 0.164 e. The van der Waals surface area contributed by atoms with Crippen LogP contribution in [0.5, 0.6) is 0 Å². The SMILES string of the molecule is c1ccc(-c2nc(-c3ccc4c(c3)sc3cccc(-n5c6ccccc6c6cc7ccccc7cc65)c34)nc(-c3cccc4oc5ccccc5c34)n2)cc1. The zero-order valence-electron chi connectivity index (χ0n) is 29.3. The third kappa shape index (κ3) is 4.62. The Morgan fingerprint density at radius 3 is 2.02 bits per heavy atom. The molecule has 0 aliphatic rings. The van der Waals surface area contributed by atoms with Crippen LogP contribution in [0.1, 0.15) is 0 Å². The van der Waals surface area contributed by atoms with Crippen molar-refractivity contribution in [1.29, 1.82) is 0 Å². The Balaban J connectivity index is 1.07. The van der Waals surface area contributed by atoms with E-state index in [9.17, 15) is 0 Å². The van der Waals surface area contributed by atoms with Gasteiger partial charge in [-0.15, -0.1) is 11.3 Å². The number of para-hydroxylation sites is 2. The first-order valence-corrected chi connectivity index (χ1v) is 19.2. The van der Waals surface area contributed by atoms with Gasteiger partial charge in [0.15, 0.2) is 17.5 Å². The molecule has 0 atom stereocenters. The molecule has 0 unspecified atom stereocenters. The van der Waals surface area contributed by atoms with E-state index in [-0.39, 0.29) is 0 Å². The second-order valence-corrected chi connectivity index (χ2v) is 15.1. The predicted octanol–water partition coefficient (Wildman–Crippen LogP) is 13.4. The van der Waals surface area contributed by atoms with Gasteiger partial charge in [-0.2, -0.15) is 0 Å². The zero-order valence-corrected chi connectivity index (χ0v) is 30.1. The molecule has 0 radical (unpaired) electrons. The Morgan fingerprint density at radius 1 is 0.418 bits per heavy atom. The van der Waals surface area contributed by atoms with E-state index in [1.807, 2.05) is 60.7 Å². The molecule has 0 amide bonds. The van der Waals surface area contributed by atoms with E-state index < -0.39 is 0 Å². The molecule has 0 fully saturated rings. The second kappa shape index (κ2) is 11.7. The van der Waals surface area contributed by atoms with E-state index >= 15 is 0 Å². The van der Waals surface area contributed by atoms with Gasteiger partial charge in [0.05, 0.1) is 16.7 Å². The van der Waals surface area contributed by atoms with Gasteiger partial charge in [0.1, 0.15) is 11.2 Å². The highest BCUT2D eigenvalue weighted by Crippen LogP contribution is 2.43. The summed E-state index contributed by atoms with van der Waals surface area (Å²) in [5.41, 5.74) is 8.00. The molecule has 0 saturated carbocycles. The summed E-state index contributed by atoms with van der Waals surface area (Å²) in [5, 5.41) is 9.47. The molecule has 8 aromatic carbocycles. The number of rotatable bonds is 4. The van der Waals surface area contributed by atoms with Gasteiger partial charge >= 0.3 is 0 Å². The zero-order chi connectivity index (χ0) is 36.0. The van der Waals surface area contributed by atoms with Crippen LogP contribution in [0.4, 0.5) is 0 Å². The van der Waals surface area contributed by atoms with Crippen LogP contribution in [0.2, 0.25) is 0 Å². The number of benzene rings is 8. The summed E-state index contributed by atoms with van der Waals surface area (Å²) in [6.45, 7) is 0. The molecule has 12 aromatic rings. The third-order valence-electron chi connectivity index (χ3n) is 10.8. The molecule has 4 heterocycles. The maximum atomic E-state index is 6.25. The number of aromatic nitrogens is 4. The van der Waals surface area contributed by atoms with Crippen molar-refractivity contribution in [1.82, 2.24) is 19.5 Å². The van der Waals surface area contributed by atoms with Crippen LogP contribution in [-0.4, -0.2) is 19.5 Å². The topological polar surface area (TPSA) is 56.7 Å². The Labute approximate surface area is 318 Å². The van der Waals surface area contributed by atoms with E-state index in [1.165, 1.54) is 58.4 Å². The monoisotopic (exact) mass is 720 g/mol. The summed E-state index contributed by atoms with van der Waals surface area (Å²) < 4.78 is 11.1. The van der Waals surface area contributed by atoms with Crippen LogP contribution in [0.25, 0.3) is 115 Å². The smallest absolute Gasteiger partial charge is 0.164 e. The Kier molecular flexibility index (Phi) is 6.44. The molecule has 0 aliphatic carbocycles. The molecular formula is C49H28N4OS. The van der Waals surface area contributed by atoms with Crippen molar-refractivity contribution in [2.24, 2.45) is 0 Å². The van der Waals surface area contributed by atoms with Crippen LogP contribution < -0.4 is 0 Å². The molecule has 0 aliphatic heterocycles. The van der Waals surface area contributed by atoms with E-state index in [0.29, 0.717) is 17.5 Å². The molecule has 4 aromatic heterocycles. The molecule has 256 valence electrons. The van der Waals surface area contributed by atoms with E-state index in [2.05, 4.69) is 114 Å². The van der Waals surface area contributed by atoms with Crippen molar-refractivity contribution in [2.45, 2.75) is 0 Å². The van der Waals surface area contributed by atoms with Gasteiger partial charge in [0.25, 0.3) is 0 Å². The quantitative estimate of drug-likeness (QED) is 0.182. The molecule has 0 bridgehead atoms. The summed E-state index contributed by atoms with van der Waals surface area (Å²) in [4.78, 5) is 15.4. The number of nitrogens with zero attached hydrogens (tertiary/aromatic N) is 4. The summed E-state index contributed by atoms with van der Waals surface area (Å²) in [6, 6.07) is 59.7. The van der Waals surface area contributed by atoms with Crippen LogP contribution in [0, 0.1) is 0 Å². The summed E-state index contributed by atoms with van der Waals surface area (Å²) in [5.74, 6) is 1.86. The van der Waals surface area contributed by atoms with Crippen LogP contribution in [0.3, 0.4) is 0 Å². The largest absolute Gasteiger partial charge is 0.456 e. The molecule has 6 heteroatoms. The van der Waals surface area contributed by atoms with Crippen LogP contribution >= 0.6 is 11.3 Å². The minimum absolute atomic E-state index is 0.610. The normalized spacial score (nSPS) is 12.0. The lowest BCUT2D eigenvalue weighted by Gasteiger charge is -2.11. The van der Waals surface area contributed by atoms with Crippen LogP contribution in [0.15, 0.2) is 174 Å². The van der Waals surface area contributed by atoms with Crippen molar-refractivity contribution in [2.75, 3.05) is 0 Å². The van der Waals surface area contributed by atoms with Crippen molar-refractivity contribution >= 4 is 86.0 Å². The standard InChI is InChI=1S/C49H28N4OS/c1-2-12-29(13-3-1)47-50-48(52-49(51-47)36-18-10-22-42-45(36)34-17-7-9-21-41(34)54-42)32-24-25-35-44(28-32)55-43-23-11-20-39(46(35)43)53-38-19-8-6-16-33(38)37-26-30-14-4-5-15-31(30)27-40(37)53/h1-28H.